The zero-order valence-electron chi connectivity index (χ0n) is 11.6. The van der Waals surface area contributed by atoms with Crippen LogP contribution in [0.4, 0.5) is 11.4 Å². The highest BCUT2D eigenvalue weighted by atomic mass is 16.6. The predicted molar refractivity (Wildman–Crippen MR) is 79.3 cm³/mol. The molecule has 0 spiro atoms. The van der Waals surface area contributed by atoms with Gasteiger partial charge in [-0.1, -0.05) is 12.1 Å². The number of ether oxygens (including phenoxy) is 1. The lowest BCUT2D eigenvalue weighted by Gasteiger charge is -2.11. The third-order valence-corrected chi connectivity index (χ3v) is 3.09. The number of rotatable bonds is 6. The van der Waals surface area contributed by atoms with E-state index in [2.05, 4.69) is 5.32 Å². The number of nitrogens with one attached hydrogen (secondary N) is 1. The molecule has 2 rings (SSSR count). The van der Waals surface area contributed by atoms with E-state index in [9.17, 15) is 15.2 Å². The molecule has 0 radical (unpaired) electrons. The van der Waals surface area contributed by atoms with Crippen LogP contribution in [0.2, 0.25) is 0 Å². The number of aliphatic hydroxyl groups excluding tert-OH is 1. The van der Waals surface area contributed by atoms with Crippen LogP contribution in [0.3, 0.4) is 0 Å². The van der Waals surface area contributed by atoms with E-state index < -0.39 is 4.92 Å². The van der Waals surface area contributed by atoms with Gasteiger partial charge in [0.2, 0.25) is 0 Å². The SMILES string of the molecule is COc1ccc(NCc2ccc([N+](=O)[O-])cc2)cc1CO. The van der Waals surface area contributed by atoms with Crippen molar-refractivity contribution in [1.29, 1.82) is 0 Å². The van der Waals surface area contributed by atoms with Crippen molar-refractivity contribution in [3.05, 3.63) is 63.7 Å². The van der Waals surface area contributed by atoms with Crippen LogP contribution in [-0.4, -0.2) is 17.1 Å². The van der Waals surface area contributed by atoms with Gasteiger partial charge in [0.1, 0.15) is 5.75 Å². The minimum atomic E-state index is -0.422. The van der Waals surface area contributed by atoms with Crippen LogP contribution in [0, 0.1) is 10.1 Å². The number of nitro groups is 1. The molecule has 0 heterocycles. The highest BCUT2D eigenvalue weighted by Gasteiger charge is 2.05. The number of hydrogen-bond acceptors (Lipinski definition) is 5. The highest BCUT2D eigenvalue weighted by molar-refractivity contribution is 5.51. The summed E-state index contributed by atoms with van der Waals surface area (Å²) in [6, 6.07) is 11.8. The monoisotopic (exact) mass is 288 g/mol. The number of hydrogen-bond donors (Lipinski definition) is 2. The Hall–Kier alpha value is -2.60. The van der Waals surface area contributed by atoms with Gasteiger partial charge in [0.05, 0.1) is 18.6 Å². The highest BCUT2D eigenvalue weighted by Crippen LogP contribution is 2.23. The molecule has 0 unspecified atom stereocenters. The molecule has 0 saturated heterocycles. The minimum Gasteiger partial charge on any atom is -0.496 e. The van der Waals surface area contributed by atoms with Gasteiger partial charge in [-0.15, -0.1) is 0 Å². The maximum Gasteiger partial charge on any atom is 0.269 e. The van der Waals surface area contributed by atoms with Gasteiger partial charge in [-0.25, -0.2) is 0 Å². The Morgan fingerprint density at radius 1 is 1.24 bits per heavy atom. The number of anilines is 1. The molecule has 6 heteroatoms. The van der Waals surface area contributed by atoms with Crippen LogP contribution in [0.5, 0.6) is 5.75 Å². The molecule has 0 aliphatic heterocycles. The van der Waals surface area contributed by atoms with Gasteiger partial charge >= 0.3 is 0 Å². The molecule has 21 heavy (non-hydrogen) atoms. The molecule has 2 aromatic rings. The van der Waals surface area contributed by atoms with Crippen molar-refractivity contribution in [2.24, 2.45) is 0 Å². The van der Waals surface area contributed by atoms with E-state index in [0.717, 1.165) is 11.3 Å². The number of methoxy groups -OCH3 is 1. The van der Waals surface area contributed by atoms with Crippen LogP contribution >= 0.6 is 0 Å². The van der Waals surface area contributed by atoms with Crippen molar-refractivity contribution in [3.63, 3.8) is 0 Å². The van der Waals surface area contributed by atoms with Crippen molar-refractivity contribution in [1.82, 2.24) is 0 Å². The Bertz CT molecular complexity index is 626. The average Bonchev–Trinajstić information content (AvgIpc) is 2.52. The first kappa shape index (κ1) is 14.8. The van der Waals surface area contributed by atoms with Crippen molar-refractivity contribution < 1.29 is 14.8 Å². The Morgan fingerprint density at radius 3 is 2.52 bits per heavy atom. The maximum atomic E-state index is 10.6. The molecule has 0 aromatic heterocycles. The summed E-state index contributed by atoms with van der Waals surface area (Å²) in [6.45, 7) is 0.436. The van der Waals surface area contributed by atoms with Gasteiger partial charge in [0, 0.05) is 29.9 Å². The van der Waals surface area contributed by atoms with Crippen LogP contribution in [0.25, 0.3) is 0 Å². The second kappa shape index (κ2) is 6.71. The van der Waals surface area contributed by atoms with E-state index in [4.69, 9.17) is 4.74 Å². The van der Waals surface area contributed by atoms with Gasteiger partial charge in [-0.2, -0.15) is 0 Å². The Kier molecular flexibility index (Phi) is 4.73. The lowest BCUT2D eigenvalue weighted by atomic mass is 10.1. The number of non-ortho nitro benzene ring substituents is 1. The zero-order valence-corrected chi connectivity index (χ0v) is 11.6. The van der Waals surface area contributed by atoms with E-state index in [1.54, 1.807) is 25.3 Å². The summed E-state index contributed by atoms with van der Waals surface area (Å²) in [6.07, 6.45) is 0. The Morgan fingerprint density at radius 2 is 1.95 bits per heavy atom. The summed E-state index contributed by atoms with van der Waals surface area (Å²) in [7, 11) is 1.55. The average molecular weight is 288 g/mol. The first-order chi connectivity index (χ1) is 10.1. The fourth-order valence-corrected chi connectivity index (χ4v) is 1.95. The van der Waals surface area contributed by atoms with Gasteiger partial charge < -0.3 is 15.2 Å². The predicted octanol–water partition coefficient (Wildman–Crippen LogP) is 2.71. The molecule has 6 nitrogen and oxygen atoms in total. The quantitative estimate of drug-likeness (QED) is 0.630. The molecule has 0 bridgehead atoms. The molecule has 0 amide bonds. The molecule has 0 fully saturated rings. The summed E-state index contributed by atoms with van der Waals surface area (Å²) in [5.74, 6) is 0.637. The first-order valence-corrected chi connectivity index (χ1v) is 6.39. The van der Waals surface area contributed by atoms with Crippen molar-refractivity contribution in [3.8, 4) is 5.75 Å². The molecule has 0 aliphatic rings. The maximum absolute atomic E-state index is 10.6. The summed E-state index contributed by atoms with van der Waals surface area (Å²) < 4.78 is 5.14. The molecular weight excluding hydrogens is 272 g/mol. The van der Waals surface area contributed by atoms with Crippen LogP contribution in [0.15, 0.2) is 42.5 Å². The van der Waals surface area contributed by atoms with Gasteiger partial charge in [0.15, 0.2) is 0 Å². The van der Waals surface area contributed by atoms with Crippen molar-refractivity contribution >= 4 is 11.4 Å². The zero-order chi connectivity index (χ0) is 15.2. The fourth-order valence-electron chi connectivity index (χ4n) is 1.95. The van der Waals surface area contributed by atoms with Crippen LogP contribution < -0.4 is 10.1 Å². The minimum absolute atomic E-state index is 0.0748. The number of benzene rings is 2. The summed E-state index contributed by atoms with van der Waals surface area (Å²) in [4.78, 5) is 10.2. The van der Waals surface area contributed by atoms with E-state index >= 15 is 0 Å². The standard InChI is InChI=1S/C15H16N2O4/c1-21-15-7-4-13(8-12(15)10-18)16-9-11-2-5-14(6-3-11)17(19)20/h2-8,16,18H,9-10H2,1H3. The number of aliphatic hydroxyl groups is 1. The van der Waals surface area contributed by atoms with Gasteiger partial charge in [-0.05, 0) is 23.8 Å². The molecule has 0 saturated carbocycles. The molecule has 0 atom stereocenters. The Balaban J connectivity index is 2.04. The van der Waals surface area contributed by atoms with Crippen molar-refractivity contribution in [2.75, 3.05) is 12.4 Å². The first-order valence-electron chi connectivity index (χ1n) is 6.39. The van der Waals surface area contributed by atoms with Gasteiger partial charge in [0.25, 0.3) is 5.69 Å². The Labute approximate surface area is 122 Å². The summed E-state index contributed by atoms with van der Waals surface area (Å²) in [5, 5.41) is 23.0. The van der Waals surface area contributed by atoms with Crippen LogP contribution in [0.1, 0.15) is 11.1 Å². The normalized spacial score (nSPS) is 10.2. The molecule has 2 aromatic carbocycles. The topological polar surface area (TPSA) is 84.6 Å². The molecular formula is C15H16N2O4. The second-order valence-corrected chi connectivity index (χ2v) is 4.46. The number of nitro benzene ring substituents is 1. The third-order valence-electron chi connectivity index (χ3n) is 3.09. The van der Waals surface area contributed by atoms with E-state index in [0.29, 0.717) is 17.9 Å². The summed E-state index contributed by atoms with van der Waals surface area (Å²) in [5.41, 5.74) is 2.55. The van der Waals surface area contributed by atoms with Crippen LogP contribution in [-0.2, 0) is 13.2 Å². The molecule has 0 aliphatic carbocycles. The number of nitrogens with zero attached hydrogens (tertiary/aromatic N) is 1. The fraction of sp³-hybridized carbons (Fsp3) is 0.200. The largest absolute Gasteiger partial charge is 0.496 e. The smallest absolute Gasteiger partial charge is 0.269 e. The summed E-state index contributed by atoms with van der Waals surface area (Å²) >= 11 is 0. The third kappa shape index (κ3) is 3.70. The molecule has 110 valence electrons. The van der Waals surface area contributed by atoms with E-state index in [1.807, 2.05) is 12.1 Å². The van der Waals surface area contributed by atoms with E-state index in [-0.39, 0.29) is 12.3 Å². The second-order valence-electron chi connectivity index (χ2n) is 4.46. The lowest BCUT2D eigenvalue weighted by molar-refractivity contribution is -0.384. The van der Waals surface area contributed by atoms with Crippen molar-refractivity contribution in [2.45, 2.75) is 13.2 Å². The molecule has 2 N–H and O–H groups in total. The van der Waals surface area contributed by atoms with E-state index in [1.165, 1.54) is 12.1 Å². The lowest BCUT2D eigenvalue weighted by Crippen LogP contribution is -2.01. The van der Waals surface area contributed by atoms with Gasteiger partial charge in [-0.3, -0.25) is 10.1 Å².